The molecule has 0 spiro atoms. The van der Waals surface area contributed by atoms with Gasteiger partial charge in [0.05, 0.1) is 28.9 Å². The number of thiazole rings is 1. The van der Waals surface area contributed by atoms with Crippen LogP contribution >= 0.6 is 11.3 Å². The summed E-state index contributed by atoms with van der Waals surface area (Å²) in [5.41, 5.74) is 6.34. The van der Waals surface area contributed by atoms with E-state index in [1.165, 1.54) is 11.3 Å². The number of aryl methyl sites for hydroxylation is 1. The van der Waals surface area contributed by atoms with Crippen molar-refractivity contribution in [1.29, 1.82) is 0 Å². The molecular formula is C10H16N2O3S2. The third-order valence-electron chi connectivity index (χ3n) is 2.24. The molecule has 0 amide bonds. The molecule has 5 nitrogen and oxygen atoms in total. The molecular weight excluding hydrogens is 260 g/mol. The number of carbonyl (C=O) groups excluding carboxylic acids is 1. The molecule has 0 saturated heterocycles. The van der Waals surface area contributed by atoms with Gasteiger partial charge < -0.3 is 5.73 Å². The molecule has 0 aliphatic carbocycles. The smallest absolute Gasteiger partial charge is 0.155 e. The van der Waals surface area contributed by atoms with Crippen LogP contribution in [0.2, 0.25) is 0 Å². The van der Waals surface area contributed by atoms with Crippen molar-refractivity contribution in [1.82, 2.24) is 4.98 Å². The number of hydrogen-bond acceptors (Lipinski definition) is 6. The zero-order valence-electron chi connectivity index (χ0n) is 9.84. The third kappa shape index (κ3) is 5.38. The maximum absolute atomic E-state index is 11.7. The monoisotopic (exact) mass is 276 g/mol. The Bertz CT molecular complexity index is 493. The van der Waals surface area contributed by atoms with Crippen LogP contribution in [0.3, 0.4) is 0 Å². The molecule has 7 heteroatoms. The summed E-state index contributed by atoms with van der Waals surface area (Å²) in [5.74, 6) is -0.227. The molecule has 96 valence electrons. The van der Waals surface area contributed by atoms with Gasteiger partial charge in [-0.2, -0.15) is 0 Å². The van der Waals surface area contributed by atoms with Crippen molar-refractivity contribution in [3.63, 3.8) is 0 Å². The lowest BCUT2D eigenvalue weighted by Crippen LogP contribution is -2.33. The van der Waals surface area contributed by atoms with E-state index in [9.17, 15) is 13.2 Å². The Balaban J connectivity index is 2.47. The molecule has 0 aromatic carbocycles. The minimum absolute atomic E-state index is 0.0595. The van der Waals surface area contributed by atoms with E-state index in [-0.39, 0.29) is 24.4 Å². The maximum Gasteiger partial charge on any atom is 0.155 e. The molecule has 1 unspecified atom stereocenters. The van der Waals surface area contributed by atoms with Gasteiger partial charge in [-0.15, -0.1) is 11.3 Å². The predicted octanol–water partition coefficient (Wildman–Crippen LogP) is 0.325. The number of nitrogens with zero attached hydrogens (tertiary/aromatic N) is 1. The van der Waals surface area contributed by atoms with Crippen LogP contribution < -0.4 is 5.73 Å². The minimum Gasteiger partial charge on any atom is -0.321 e. The van der Waals surface area contributed by atoms with E-state index in [0.717, 1.165) is 11.3 Å². The first-order chi connectivity index (χ1) is 7.78. The summed E-state index contributed by atoms with van der Waals surface area (Å²) in [5, 5.41) is 2.72. The van der Waals surface area contributed by atoms with Gasteiger partial charge in [-0.3, -0.25) is 4.79 Å². The van der Waals surface area contributed by atoms with E-state index < -0.39 is 15.9 Å². The van der Waals surface area contributed by atoms with Crippen molar-refractivity contribution in [2.45, 2.75) is 25.8 Å². The fourth-order valence-corrected chi connectivity index (χ4v) is 2.60. The van der Waals surface area contributed by atoms with E-state index >= 15 is 0 Å². The Hall–Kier alpha value is -0.790. The van der Waals surface area contributed by atoms with Gasteiger partial charge in [0, 0.05) is 11.6 Å². The number of Topliss-reactive ketones (excluding diaryl/α,β-unsaturated/α-hetero) is 1. The van der Waals surface area contributed by atoms with Gasteiger partial charge >= 0.3 is 0 Å². The lowest BCUT2D eigenvalue weighted by molar-refractivity contribution is -0.119. The van der Waals surface area contributed by atoms with Crippen LogP contribution in [0.1, 0.15) is 17.1 Å². The van der Waals surface area contributed by atoms with Gasteiger partial charge in [-0.05, 0) is 13.3 Å². The first kappa shape index (κ1) is 14.3. The Morgan fingerprint density at radius 2 is 2.24 bits per heavy atom. The van der Waals surface area contributed by atoms with Crippen molar-refractivity contribution in [3.05, 3.63) is 16.1 Å². The van der Waals surface area contributed by atoms with Crippen LogP contribution in [0.25, 0.3) is 0 Å². The van der Waals surface area contributed by atoms with Crippen LogP contribution in [0.15, 0.2) is 5.38 Å². The number of ketones is 1. The highest BCUT2D eigenvalue weighted by Gasteiger charge is 2.17. The van der Waals surface area contributed by atoms with Crippen LogP contribution in [0, 0.1) is 6.92 Å². The van der Waals surface area contributed by atoms with Gasteiger partial charge in [-0.1, -0.05) is 0 Å². The number of rotatable bonds is 6. The summed E-state index contributed by atoms with van der Waals surface area (Å²) < 4.78 is 21.9. The van der Waals surface area contributed by atoms with Crippen LogP contribution in [0.5, 0.6) is 0 Å². The fourth-order valence-electron chi connectivity index (χ4n) is 1.30. The predicted molar refractivity (Wildman–Crippen MR) is 67.9 cm³/mol. The van der Waals surface area contributed by atoms with Crippen LogP contribution in [-0.2, 0) is 21.1 Å². The Morgan fingerprint density at radius 1 is 1.59 bits per heavy atom. The zero-order chi connectivity index (χ0) is 13.1. The molecule has 1 heterocycles. The molecule has 2 N–H and O–H groups in total. The Kier molecular flexibility index (Phi) is 4.79. The number of hydrogen-bond donors (Lipinski definition) is 1. The second-order valence-electron chi connectivity index (χ2n) is 4.03. The van der Waals surface area contributed by atoms with Crippen molar-refractivity contribution in [2.24, 2.45) is 5.73 Å². The minimum atomic E-state index is -3.07. The van der Waals surface area contributed by atoms with E-state index in [0.29, 0.717) is 5.69 Å². The summed E-state index contributed by atoms with van der Waals surface area (Å²) in [6, 6.07) is -0.730. The zero-order valence-corrected chi connectivity index (χ0v) is 11.5. The quantitative estimate of drug-likeness (QED) is 0.808. The number of carbonyl (C=O) groups is 1. The number of nitrogens with two attached hydrogens (primary N) is 1. The summed E-state index contributed by atoms with van der Waals surface area (Å²) in [6.45, 7) is 1.86. The molecule has 0 saturated carbocycles. The Morgan fingerprint density at radius 3 is 2.71 bits per heavy atom. The maximum atomic E-state index is 11.7. The first-order valence-corrected chi connectivity index (χ1v) is 8.09. The second kappa shape index (κ2) is 5.70. The molecule has 0 aliphatic heterocycles. The molecule has 0 aliphatic rings. The number of sulfone groups is 1. The van der Waals surface area contributed by atoms with Gasteiger partial charge in [0.15, 0.2) is 5.78 Å². The van der Waals surface area contributed by atoms with Crippen molar-refractivity contribution >= 4 is 27.0 Å². The molecule has 0 bridgehead atoms. The summed E-state index contributed by atoms with van der Waals surface area (Å²) in [6.07, 6.45) is 1.48. The highest BCUT2D eigenvalue weighted by atomic mass is 32.2. The van der Waals surface area contributed by atoms with Crippen LogP contribution in [-0.4, -0.2) is 37.2 Å². The molecule has 0 radical (unpaired) electrons. The SMILES string of the molecule is Cc1nc(CC(=O)C(N)CCS(C)(=O)=O)cs1. The van der Waals surface area contributed by atoms with Gasteiger partial charge in [0.1, 0.15) is 9.84 Å². The highest BCUT2D eigenvalue weighted by Crippen LogP contribution is 2.09. The van der Waals surface area contributed by atoms with Crippen molar-refractivity contribution < 1.29 is 13.2 Å². The summed E-state index contributed by atoms with van der Waals surface area (Å²) >= 11 is 1.48. The van der Waals surface area contributed by atoms with Gasteiger partial charge in [0.2, 0.25) is 0 Å². The van der Waals surface area contributed by atoms with Gasteiger partial charge in [-0.25, -0.2) is 13.4 Å². The lowest BCUT2D eigenvalue weighted by atomic mass is 10.1. The first-order valence-electron chi connectivity index (χ1n) is 5.15. The highest BCUT2D eigenvalue weighted by molar-refractivity contribution is 7.90. The summed E-state index contributed by atoms with van der Waals surface area (Å²) in [7, 11) is -3.07. The average molecular weight is 276 g/mol. The largest absolute Gasteiger partial charge is 0.321 e. The molecule has 17 heavy (non-hydrogen) atoms. The van der Waals surface area contributed by atoms with E-state index in [4.69, 9.17) is 5.73 Å². The van der Waals surface area contributed by atoms with E-state index in [1.54, 1.807) is 0 Å². The standard InChI is InChI=1S/C10H16N2O3S2/c1-7-12-8(6-16-7)5-10(13)9(11)3-4-17(2,14)15/h6,9H,3-5,11H2,1-2H3. The topological polar surface area (TPSA) is 90.1 Å². The fraction of sp³-hybridized carbons (Fsp3) is 0.600. The molecule has 1 aromatic rings. The molecule has 1 aromatic heterocycles. The van der Waals surface area contributed by atoms with Crippen LogP contribution in [0.4, 0.5) is 0 Å². The van der Waals surface area contributed by atoms with E-state index in [1.807, 2.05) is 12.3 Å². The third-order valence-corrected chi connectivity index (χ3v) is 4.03. The lowest BCUT2D eigenvalue weighted by Gasteiger charge is -2.08. The normalized spacial score (nSPS) is 13.6. The van der Waals surface area contributed by atoms with Crippen molar-refractivity contribution in [2.75, 3.05) is 12.0 Å². The average Bonchev–Trinajstić information content (AvgIpc) is 2.59. The second-order valence-corrected chi connectivity index (χ2v) is 7.35. The Labute approximate surface area is 105 Å². The molecule has 1 rings (SSSR count). The van der Waals surface area contributed by atoms with Gasteiger partial charge in [0.25, 0.3) is 0 Å². The summed E-state index contributed by atoms with van der Waals surface area (Å²) in [4.78, 5) is 15.8. The molecule has 1 atom stereocenters. The van der Waals surface area contributed by atoms with Crippen molar-refractivity contribution in [3.8, 4) is 0 Å². The number of aromatic nitrogens is 1. The van der Waals surface area contributed by atoms with E-state index in [2.05, 4.69) is 4.98 Å². The molecule has 0 fully saturated rings.